The molecule has 2 N–H and O–H groups in total. The van der Waals surface area contributed by atoms with E-state index in [0.717, 1.165) is 40.3 Å². The van der Waals surface area contributed by atoms with Crippen LogP contribution in [0.5, 0.6) is 0 Å². The van der Waals surface area contributed by atoms with Crippen molar-refractivity contribution in [3.8, 4) is 0 Å². The zero-order chi connectivity index (χ0) is 19.6. The molecule has 0 spiro atoms. The number of hydrogen-bond donors (Lipinski definition) is 2. The minimum Gasteiger partial charge on any atom is -0.448 e. The second-order valence-corrected chi connectivity index (χ2v) is 8.70. The quantitative estimate of drug-likeness (QED) is 0.735. The Bertz CT molecular complexity index is 823. The van der Waals surface area contributed by atoms with Crippen LogP contribution in [0.15, 0.2) is 6.07 Å². The molecule has 0 aliphatic heterocycles. The fourth-order valence-electron chi connectivity index (χ4n) is 2.79. The molecule has 1 aliphatic carbocycles. The van der Waals surface area contributed by atoms with Gasteiger partial charge in [0.25, 0.3) is 5.91 Å². The highest BCUT2D eigenvalue weighted by Gasteiger charge is 2.24. The van der Waals surface area contributed by atoms with Gasteiger partial charge in [-0.05, 0) is 25.8 Å². The second-order valence-electron chi connectivity index (χ2n) is 6.66. The highest BCUT2D eigenvalue weighted by atomic mass is 32.1. The molecule has 2 aromatic rings. The maximum Gasteiger partial charge on any atom is 0.349 e. The third-order valence-electron chi connectivity index (χ3n) is 4.24. The topological polar surface area (TPSA) is 101 Å². The molecular weight excluding hydrogens is 388 g/mol. The van der Waals surface area contributed by atoms with E-state index in [-0.39, 0.29) is 6.04 Å². The minimum atomic E-state index is -1.07. The predicted octanol–water partition coefficient (Wildman–Crippen LogP) is 2.74. The first-order valence-corrected chi connectivity index (χ1v) is 10.4. The molecule has 1 saturated carbocycles. The van der Waals surface area contributed by atoms with Gasteiger partial charge in [-0.1, -0.05) is 24.2 Å². The Hall–Kier alpha value is -2.20. The minimum absolute atomic E-state index is 0.106. The zero-order valence-corrected chi connectivity index (χ0v) is 17.0. The third-order valence-corrected chi connectivity index (χ3v) is 6.55. The molecule has 0 radical (unpaired) electrons. The summed E-state index contributed by atoms with van der Waals surface area (Å²) in [6, 6.07) is 1.27. The summed E-state index contributed by atoms with van der Waals surface area (Å²) < 4.78 is 6.08. The van der Waals surface area contributed by atoms with Crippen molar-refractivity contribution in [3.63, 3.8) is 0 Å². The van der Waals surface area contributed by atoms with Gasteiger partial charge in [-0.25, -0.2) is 14.6 Å². The predicted molar refractivity (Wildman–Crippen MR) is 106 cm³/mol. The number of amides is 3. The van der Waals surface area contributed by atoms with Crippen molar-refractivity contribution in [2.24, 2.45) is 0 Å². The van der Waals surface area contributed by atoms with Crippen molar-refractivity contribution >= 4 is 55.2 Å². The van der Waals surface area contributed by atoms with Crippen molar-refractivity contribution in [1.29, 1.82) is 0 Å². The van der Waals surface area contributed by atoms with Gasteiger partial charge in [-0.15, -0.1) is 11.3 Å². The molecular formula is C17H22N4O4S2. The largest absolute Gasteiger partial charge is 0.448 e. The van der Waals surface area contributed by atoms with E-state index >= 15 is 0 Å². The fourth-order valence-corrected chi connectivity index (χ4v) is 4.81. The number of carbonyl (C=O) groups is 3. The average molecular weight is 411 g/mol. The molecule has 3 rings (SSSR count). The van der Waals surface area contributed by atoms with Gasteiger partial charge >= 0.3 is 12.0 Å². The van der Waals surface area contributed by atoms with Gasteiger partial charge in [0.15, 0.2) is 11.2 Å². The van der Waals surface area contributed by atoms with E-state index in [2.05, 4.69) is 15.6 Å². The first kappa shape index (κ1) is 19.6. The average Bonchev–Trinajstić information content (AvgIpc) is 3.29. The number of thiophene rings is 1. The molecule has 10 heteroatoms. The summed E-state index contributed by atoms with van der Waals surface area (Å²) in [4.78, 5) is 43.7. The van der Waals surface area contributed by atoms with Crippen molar-refractivity contribution in [2.45, 2.75) is 44.8 Å². The lowest BCUT2D eigenvalue weighted by Gasteiger charge is -2.15. The number of ether oxygens (including phenoxy) is 1. The Balaban J connectivity index is 1.53. The van der Waals surface area contributed by atoms with E-state index < -0.39 is 24.0 Å². The fraction of sp³-hybridized carbons (Fsp3) is 0.529. The number of carbonyl (C=O) groups excluding carboxylic acids is 3. The highest BCUT2D eigenvalue weighted by molar-refractivity contribution is 7.29. The number of thiazole rings is 1. The smallest absolute Gasteiger partial charge is 0.349 e. The van der Waals surface area contributed by atoms with Crippen LogP contribution < -0.4 is 15.5 Å². The molecule has 27 heavy (non-hydrogen) atoms. The lowest BCUT2D eigenvalue weighted by Crippen LogP contribution is -2.47. The lowest BCUT2D eigenvalue weighted by atomic mass is 10.2. The number of fused-ring (bicyclic) bond motifs is 1. The first-order valence-electron chi connectivity index (χ1n) is 8.73. The Kier molecular flexibility index (Phi) is 5.95. The molecule has 0 saturated heterocycles. The van der Waals surface area contributed by atoms with Crippen molar-refractivity contribution in [1.82, 2.24) is 15.6 Å². The second kappa shape index (κ2) is 8.22. The molecule has 8 nitrogen and oxygen atoms in total. The van der Waals surface area contributed by atoms with Crippen LogP contribution in [0, 0.1) is 0 Å². The van der Waals surface area contributed by atoms with E-state index in [1.165, 1.54) is 29.6 Å². The number of hydrogen-bond acceptors (Lipinski definition) is 8. The summed E-state index contributed by atoms with van der Waals surface area (Å²) >= 11 is 2.70. The summed E-state index contributed by atoms with van der Waals surface area (Å²) in [6.45, 7) is 1.44. The zero-order valence-electron chi connectivity index (χ0n) is 15.4. The Morgan fingerprint density at radius 1 is 1.26 bits per heavy atom. The molecule has 3 amide bonds. The number of nitrogens with one attached hydrogen (secondary N) is 2. The molecule has 1 fully saturated rings. The number of esters is 1. The summed E-state index contributed by atoms with van der Waals surface area (Å²) in [7, 11) is 3.81. The van der Waals surface area contributed by atoms with Gasteiger partial charge in [0.2, 0.25) is 0 Å². The number of urea groups is 1. The van der Waals surface area contributed by atoms with Gasteiger partial charge in [0, 0.05) is 20.1 Å². The Labute approximate surface area is 164 Å². The van der Waals surface area contributed by atoms with Crippen molar-refractivity contribution < 1.29 is 19.1 Å². The molecule has 2 heterocycles. The van der Waals surface area contributed by atoms with E-state index in [1.807, 2.05) is 19.0 Å². The van der Waals surface area contributed by atoms with Crippen molar-refractivity contribution in [2.75, 3.05) is 19.0 Å². The standard InChI is InChI=1S/C17H22N4O4S2/c1-9(13(22)19-16(24)18-10-6-4-5-7-10)25-15(23)12-8-11-14(26-12)20-17(27-11)21(2)3/h8-10H,4-7H2,1-3H3,(H2,18,19,22,24). The maximum atomic E-state index is 12.3. The van der Waals surface area contributed by atoms with E-state index in [9.17, 15) is 14.4 Å². The van der Waals surface area contributed by atoms with Crippen LogP contribution in [0.3, 0.4) is 0 Å². The molecule has 146 valence electrons. The summed E-state index contributed by atoms with van der Waals surface area (Å²) in [5, 5.41) is 5.84. The van der Waals surface area contributed by atoms with Gasteiger partial charge < -0.3 is 15.0 Å². The highest BCUT2D eigenvalue weighted by Crippen LogP contribution is 2.34. The maximum absolute atomic E-state index is 12.3. The number of nitrogens with zero attached hydrogens (tertiary/aromatic N) is 2. The monoisotopic (exact) mass is 410 g/mol. The van der Waals surface area contributed by atoms with Crippen LogP contribution in [-0.4, -0.2) is 49.1 Å². The number of aromatic nitrogens is 1. The number of anilines is 1. The summed E-state index contributed by atoms with van der Waals surface area (Å²) in [5.74, 6) is -1.25. The molecule has 0 bridgehead atoms. The van der Waals surface area contributed by atoms with Gasteiger partial charge in [0.05, 0.1) is 4.70 Å². The van der Waals surface area contributed by atoms with E-state index in [1.54, 1.807) is 6.07 Å². The molecule has 1 unspecified atom stereocenters. The van der Waals surface area contributed by atoms with Crippen LogP contribution in [0.1, 0.15) is 42.3 Å². The van der Waals surface area contributed by atoms with Gasteiger partial charge in [-0.2, -0.15) is 0 Å². The number of rotatable bonds is 5. The summed E-state index contributed by atoms with van der Waals surface area (Å²) in [5.41, 5.74) is 0. The Morgan fingerprint density at radius 3 is 2.59 bits per heavy atom. The van der Waals surface area contributed by atoms with E-state index in [4.69, 9.17) is 4.74 Å². The Morgan fingerprint density at radius 2 is 1.96 bits per heavy atom. The van der Waals surface area contributed by atoms with Crippen LogP contribution >= 0.6 is 22.7 Å². The van der Waals surface area contributed by atoms with Gasteiger partial charge in [0.1, 0.15) is 9.71 Å². The van der Waals surface area contributed by atoms with Crippen LogP contribution in [0.2, 0.25) is 0 Å². The van der Waals surface area contributed by atoms with Crippen LogP contribution in [0.25, 0.3) is 9.53 Å². The summed E-state index contributed by atoms with van der Waals surface area (Å²) in [6.07, 6.45) is 2.93. The van der Waals surface area contributed by atoms with E-state index in [0.29, 0.717) is 4.88 Å². The lowest BCUT2D eigenvalue weighted by molar-refractivity contribution is -0.127. The molecule has 1 atom stereocenters. The normalized spacial score (nSPS) is 15.5. The van der Waals surface area contributed by atoms with Crippen LogP contribution in [0.4, 0.5) is 9.93 Å². The number of imide groups is 1. The van der Waals surface area contributed by atoms with Crippen LogP contribution in [-0.2, 0) is 9.53 Å². The third kappa shape index (κ3) is 4.75. The molecule has 2 aromatic heterocycles. The van der Waals surface area contributed by atoms with Crippen molar-refractivity contribution in [3.05, 3.63) is 10.9 Å². The first-order chi connectivity index (χ1) is 12.8. The molecule has 0 aromatic carbocycles. The van der Waals surface area contributed by atoms with Gasteiger partial charge in [-0.3, -0.25) is 10.1 Å². The molecule has 1 aliphatic rings. The SMILES string of the molecule is CC(OC(=O)c1cc2sc(N(C)C)nc2s1)C(=O)NC(=O)NC1CCCC1.